The summed E-state index contributed by atoms with van der Waals surface area (Å²) in [6.07, 6.45) is 0. The Bertz CT molecular complexity index is 1460. The van der Waals surface area contributed by atoms with Gasteiger partial charge in [0.1, 0.15) is 4.21 Å². The minimum atomic E-state index is -3.73. The molecule has 0 radical (unpaired) electrons. The molecule has 0 aliphatic carbocycles. The average Bonchev–Trinajstić information content (AvgIpc) is 3.48. The van der Waals surface area contributed by atoms with E-state index >= 15 is 0 Å². The highest BCUT2D eigenvalue weighted by Gasteiger charge is 2.17. The molecule has 0 aliphatic rings. The lowest BCUT2D eigenvalue weighted by Gasteiger charge is -2.08. The zero-order valence-electron chi connectivity index (χ0n) is 18.1. The Hall–Kier alpha value is -3.06. The molecule has 2 aromatic carbocycles. The molecule has 0 spiro atoms. The van der Waals surface area contributed by atoms with Crippen molar-refractivity contribution in [2.75, 3.05) is 16.6 Å². The van der Waals surface area contributed by atoms with E-state index in [1.165, 1.54) is 41.7 Å². The van der Waals surface area contributed by atoms with Crippen LogP contribution in [0.15, 0.2) is 74.0 Å². The Balaban J connectivity index is 1.29. The van der Waals surface area contributed by atoms with Gasteiger partial charge in [0.2, 0.25) is 0 Å². The van der Waals surface area contributed by atoms with Gasteiger partial charge in [-0.2, -0.15) is 0 Å². The maximum Gasteiger partial charge on any atom is 0.338 e. The number of anilines is 2. The van der Waals surface area contributed by atoms with Gasteiger partial charge < -0.3 is 4.74 Å². The SMILES string of the molecule is Cc1ccc(-c2csc(NC(=O)COC(=O)c3ccc(NS(=O)(=O)c4ccc(Br)s4)cc3)n2)cc1. The summed E-state index contributed by atoms with van der Waals surface area (Å²) in [6, 6.07) is 16.7. The summed E-state index contributed by atoms with van der Waals surface area (Å²) in [5.41, 5.74) is 3.28. The normalized spacial score (nSPS) is 11.1. The number of sulfonamides is 1. The highest BCUT2D eigenvalue weighted by atomic mass is 79.9. The molecule has 4 aromatic rings. The molecule has 180 valence electrons. The van der Waals surface area contributed by atoms with Gasteiger partial charge in [0, 0.05) is 16.6 Å². The standard InChI is InChI=1S/C23H18BrN3O5S3/c1-14-2-4-15(5-3-14)18-13-33-23(25-18)26-20(28)12-32-22(29)16-6-8-17(9-7-16)27-35(30,31)21-11-10-19(24)34-21/h2-11,13,27H,12H2,1H3,(H,25,26,28). The number of thiophene rings is 1. The van der Waals surface area contributed by atoms with E-state index in [1.54, 1.807) is 6.07 Å². The minimum absolute atomic E-state index is 0.157. The van der Waals surface area contributed by atoms with Gasteiger partial charge in [-0.3, -0.25) is 14.8 Å². The first kappa shape index (κ1) is 25.0. The molecule has 35 heavy (non-hydrogen) atoms. The summed E-state index contributed by atoms with van der Waals surface area (Å²) < 4.78 is 33.2. The van der Waals surface area contributed by atoms with E-state index in [4.69, 9.17) is 4.74 Å². The van der Waals surface area contributed by atoms with E-state index in [-0.39, 0.29) is 15.5 Å². The summed E-state index contributed by atoms with van der Waals surface area (Å²) >= 11 is 5.59. The van der Waals surface area contributed by atoms with Crippen LogP contribution in [0.2, 0.25) is 0 Å². The molecule has 0 saturated carbocycles. The Morgan fingerprint density at radius 3 is 2.40 bits per heavy atom. The number of hydrogen-bond donors (Lipinski definition) is 2. The molecular formula is C23H18BrN3O5S3. The van der Waals surface area contributed by atoms with E-state index in [1.807, 2.05) is 36.6 Å². The van der Waals surface area contributed by atoms with Crippen LogP contribution in [0.5, 0.6) is 0 Å². The Kier molecular flexibility index (Phi) is 7.65. The average molecular weight is 593 g/mol. The van der Waals surface area contributed by atoms with E-state index in [2.05, 4.69) is 31.0 Å². The highest BCUT2D eigenvalue weighted by molar-refractivity contribution is 9.11. The second kappa shape index (κ2) is 10.7. The van der Waals surface area contributed by atoms with Crippen LogP contribution in [0.4, 0.5) is 10.8 Å². The van der Waals surface area contributed by atoms with Gasteiger partial charge in [0.15, 0.2) is 11.7 Å². The first-order valence-electron chi connectivity index (χ1n) is 10.1. The summed E-state index contributed by atoms with van der Waals surface area (Å²) in [5.74, 6) is -1.23. The maximum atomic E-state index is 12.4. The van der Waals surface area contributed by atoms with Crippen molar-refractivity contribution in [2.24, 2.45) is 0 Å². The molecule has 4 rings (SSSR count). The summed E-state index contributed by atoms with van der Waals surface area (Å²) in [4.78, 5) is 28.9. The third-order valence-electron chi connectivity index (χ3n) is 4.62. The molecule has 1 amide bonds. The third-order valence-corrected chi connectivity index (χ3v) is 8.87. The van der Waals surface area contributed by atoms with Crippen molar-refractivity contribution in [3.63, 3.8) is 0 Å². The lowest BCUT2D eigenvalue weighted by atomic mass is 10.1. The van der Waals surface area contributed by atoms with Crippen molar-refractivity contribution < 1.29 is 22.7 Å². The van der Waals surface area contributed by atoms with Gasteiger partial charge >= 0.3 is 5.97 Å². The van der Waals surface area contributed by atoms with Gasteiger partial charge in [0.05, 0.1) is 15.0 Å². The topological polar surface area (TPSA) is 114 Å². The van der Waals surface area contributed by atoms with Gasteiger partial charge in [-0.1, -0.05) is 29.8 Å². The molecule has 2 N–H and O–H groups in total. The number of benzene rings is 2. The third kappa shape index (κ3) is 6.54. The minimum Gasteiger partial charge on any atom is -0.452 e. The van der Waals surface area contributed by atoms with Crippen LogP contribution in [0.1, 0.15) is 15.9 Å². The number of rotatable bonds is 8. The smallest absolute Gasteiger partial charge is 0.338 e. The van der Waals surface area contributed by atoms with Gasteiger partial charge in [-0.15, -0.1) is 22.7 Å². The van der Waals surface area contributed by atoms with Crippen LogP contribution in [-0.4, -0.2) is 31.9 Å². The number of halogens is 1. The fraction of sp³-hybridized carbons (Fsp3) is 0.0870. The van der Waals surface area contributed by atoms with E-state index in [0.717, 1.165) is 28.2 Å². The Morgan fingerprint density at radius 1 is 1.03 bits per heavy atom. The molecule has 0 fully saturated rings. The molecule has 0 aliphatic heterocycles. The molecule has 2 heterocycles. The number of carbonyl (C=O) groups is 2. The number of amides is 1. The number of aryl methyl sites for hydroxylation is 1. The number of esters is 1. The van der Waals surface area contributed by atoms with Gasteiger partial charge in [-0.05, 0) is 59.3 Å². The van der Waals surface area contributed by atoms with Crippen LogP contribution in [-0.2, 0) is 19.6 Å². The van der Waals surface area contributed by atoms with Crippen LogP contribution < -0.4 is 10.0 Å². The number of nitrogens with zero attached hydrogens (tertiary/aromatic N) is 1. The van der Waals surface area contributed by atoms with Crippen molar-refractivity contribution in [1.82, 2.24) is 4.98 Å². The Morgan fingerprint density at radius 2 is 1.74 bits per heavy atom. The fourth-order valence-corrected chi connectivity index (χ4v) is 6.68. The van der Waals surface area contributed by atoms with Crippen molar-refractivity contribution in [3.8, 4) is 11.3 Å². The van der Waals surface area contributed by atoms with Crippen LogP contribution in [0.3, 0.4) is 0 Å². The molecule has 0 bridgehead atoms. The van der Waals surface area contributed by atoms with Crippen molar-refractivity contribution >= 4 is 71.3 Å². The van der Waals surface area contributed by atoms with E-state index in [9.17, 15) is 18.0 Å². The zero-order chi connectivity index (χ0) is 25.0. The van der Waals surface area contributed by atoms with Crippen molar-refractivity contribution in [2.45, 2.75) is 11.1 Å². The molecule has 2 aromatic heterocycles. The van der Waals surface area contributed by atoms with Gasteiger partial charge in [0.25, 0.3) is 15.9 Å². The number of aromatic nitrogens is 1. The van der Waals surface area contributed by atoms with E-state index < -0.39 is 28.5 Å². The van der Waals surface area contributed by atoms with Crippen LogP contribution >= 0.6 is 38.6 Å². The second-order valence-corrected chi connectivity index (χ2v) is 12.5. The lowest BCUT2D eigenvalue weighted by Crippen LogP contribution is -2.20. The monoisotopic (exact) mass is 591 g/mol. The number of thiazole rings is 1. The Labute approximate surface area is 218 Å². The fourth-order valence-electron chi connectivity index (χ4n) is 2.88. The second-order valence-electron chi connectivity index (χ2n) is 7.27. The largest absolute Gasteiger partial charge is 0.452 e. The predicted octanol–water partition coefficient (Wildman–Crippen LogP) is 5.54. The maximum absolute atomic E-state index is 12.4. The lowest BCUT2D eigenvalue weighted by molar-refractivity contribution is -0.119. The number of carbonyl (C=O) groups excluding carboxylic acids is 2. The summed E-state index contributed by atoms with van der Waals surface area (Å²) in [7, 11) is -3.73. The van der Waals surface area contributed by atoms with Crippen molar-refractivity contribution in [3.05, 3.63) is 81.0 Å². The van der Waals surface area contributed by atoms with Crippen LogP contribution in [0, 0.1) is 6.92 Å². The van der Waals surface area contributed by atoms with E-state index in [0.29, 0.717) is 8.92 Å². The molecule has 8 nitrogen and oxygen atoms in total. The molecule has 0 saturated heterocycles. The molecular weight excluding hydrogens is 574 g/mol. The number of nitrogens with one attached hydrogen (secondary N) is 2. The van der Waals surface area contributed by atoms with Gasteiger partial charge in [-0.25, -0.2) is 18.2 Å². The number of hydrogen-bond acceptors (Lipinski definition) is 8. The first-order valence-corrected chi connectivity index (χ1v) is 14.0. The summed E-state index contributed by atoms with van der Waals surface area (Å²) in [5, 5.41) is 4.85. The molecule has 12 heteroatoms. The molecule has 0 atom stereocenters. The summed E-state index contributed by atoms with van der Waals surface area (Å²) in [6.45, 7) is 1.51. The number of ether oxygens (including phenoxy) is 1. The quantitative estimate of drug-likeness (QED) is 0.260. The zero-order valence-corrected chi connectivity index (χ0v) is 22.2. The first-order chi connectivity index (χ1) is 16.7. The highest BCUT2D eigenvalue weighted by Crippen LogP contribution is 2.28. The predicted molar refractivity (Wildman–Crippen MR) is 140 cm³/mol. The van der Waals surface area contributed by atoms with Crippen molar-refractivity contribution in [1.29, 1.82) is 0 Å². The van der Waals surface area contributed by atoms with Crippen LogP contribution in [0.25, 0.3) is 11.3 Å². The molecule has 0 unspecified atom stereocenters.